The number of hydrogen-bond donors (Lipinski definition) is 4. The van der Waals surface area contributed by atoms with E-state index in [1.54, 1.807) is 48.8 Å². The van der Waals surface area contributed by atoms with Crippen molar-refractivity contribution >= 4 is 46.2 Å². The molecule has 232 valence electrons. The SMILES string of the molecule is O=C(NN1C(=O)c2ccc3c4c(ccc(c24)C1=O)C(=O)N(NC(=O)c1cc(-c2ccccn2)n[nH]1)C3=O)c1cc(-c2ccccn2)n[nH]1. The van der Waals surface area contributed by atoms with Gasteiger partial charge in [-0.2, -0.15) is 20.2 Å². The molecule has 2 aliphatic heterocycles. The Labute approximate surface area is 267 Å². The van der Waals surface area contributed by atoms with E-state index in [2.05, 4.69) is 41.2 Å². The van der Waals surface area contributed by atoms with Crippen molar-refractivity contribution in [2.24, 2.45) is 0 Å². The Morgan fingerprint density at radius 3 is 1.23 bits per heavy atom. The van der Waals surface area contributed by atoms with Crippen molar-refractivity contribution in [3.8, 4) is 22.8 Å². The van der Waals surface area contributed by atoms with E-state index in [-0.39, 0.29) is 44.4 Å². The number of imide groups is 2. The minimum absolute atomic E-state index is 0.0260. The van der Waals surface area contributed by atoms with Crippen LogP contribution in [0.1, 0.15) is 62.4 Å². The first kappa shape index (κ1) is 28.1. The Bertz CT molecular complexity index is 2150. The Balaban J connectivity index is 1.06. The lowest BCUT2D eigenvalue weighted by molar-refractivity contribution is 0.0466. The lowest BCUT2D eigenvalue weighted by Crippen LogP contribution is -2.53. The van der Waals surface area contributed by atoms with E-state index in [9.17, 15) is 28.8 Å². The maximum atomic E-state index is 13.6. The van der Waals surface area contributed by atoms with Crippen LogP contribution in [-0.4, -0.2) is 75.8 Å². The van der Waals surface area contributed by atoms with Gasteiger partial charge in [0.2, 0.25) is 0 Å². The molecule has 2 aliphatic rings. The highest BCUT2D eigenvalue weighted by Crippen LogP contribution is 2.37. The van der Waals surface area contributed by atoms with Crippen LogP contribution in [0.3, 0.4) is 0 Å². The van der Waals surface area contributed by atoms with Crippen molar-refractivity contribution in [3.63, 3.8) is 0 Å². The topological polar surface area (TPSA) is 216 Å². The minimum atomic E-state index is -0.882. The molecule has 8 rings (SSSR count). The normalized spacial score (nSPS) is 13.7. The van der Waals surface area contributed by atoms with Crippen molar-refractivity contribution in [1.29, 1.82) is 0 Å². The number of hydrazine groups is 2. The van der Waals surface area contributed by atoms with Gasteiger partial charge in [-0.15, -0.1) is 0 Å². The summed E-state index contributed by atoms with van der Waals surface area (Å²) < 4.78 is 0. The molecular weight excluding hydrogens is 620 g/mol. The van der Waals surface area contributed by atoms with Gasteiger partial charge in [0, 0.05) is 23.2 Å². The maximum Gasteiger partial charge on any atom is 0.288 e. The summed E-state index contributed by atoms with van der Waals surface area (Å²) in [4.78, 5) is 88.8. The minimum Gasteiger partial charge on any atom is -0.272 e. The van der Waals surface area contributed by atoms with Gasteiger partial charge in [0.05, 0.1) is 33.6 Å². The zero-order valence-corrected chi connectivity index (χ0v) is 24.2. The van der Waals surface area contributed by atoms with Crippen LogP contribution in [0.15, 0.2) is 85.2 Å². The molecule has 0 bridgehead atoms. The van der Waals surface area contributed by atoms with E-state index in [4.69, 9.17) is 0 Å². The molecule has 0 atom stereocenters. The molecule has 6 aromatic rings. The van der Waals surface area contributed by atoms with Gasteiger partial charge in [0.15, 0.2) is 0 Å². The Hall–Kier alpha value is -7.36. The Morgan fingerprint density at radius 1 is 0.521 bits per heavy atom. The number of carbonyl (C=O) groups is 6. The van der Waals surface area contributed by atoms with Crippen LogP contribution in [0.2, 0.25) is 0 Å². The number of carbonyl (C=O) groups excluding carboxylic acids is 6. The second-order valence-corrected chi connectivity index (χ2v) is 10.6. The standard InChI is InChI=1S/C32H18N10O6/c43-27(23-13-21(35-37-23)19-5-1-3-11-33-19)39-41-29(45)15-7-9-17-26-18(10-8-16(25(15)26)30(41)46)32(48)42(31(17)47)40-28(44)24-14-22(36-38-24)20-6-2-4-12-34-20/h1-14H,(H,35,37)(H,36,38)(H,39,43)(H,40,44). The average molecular weight is 639 g/mol. The molecular formula is C32H18N10O6. The molecule has 0 fully saturated rings. The van der Waals surface area contributed by atoms with Crippen LogP contribution in [0.4, 0.5) is 0 Å². The van der Waals surface area contributed by atoms with Crippen molar-refractivity contribution < 1.29 is 28.8 Å². The second-order valence-electron chi connectivity index (χ2n) is 10.6. The molecule has 48 heavy (non-hydrogen) atoms. The molecule has 2 aromatic carbocycles. The van der Waals surface area contributed by atoms with Gasteiger partial charge in [-0.25, -0.2) is 0 Å². The summed E-state index contributed by atoms with van der Waals surface area (Å²) in [5.41, 5.74) is 6.22. The fourth-order valence-electron chi connectivity index (χ4n) is 5.57. The number of aromatic amines is 2. The number of pyridine rings is 2. The molecule has 0 aliphatic carbocycles. The van der Waals surface area contributed by atoms with Crippen molar-refractivity contribution in [1.82, 2.24) is 51.2 Å². The van der Waals surface area contributed by atoms with Crippen LogP contribution < -0.4 is 10.9 Å². The zero-order chi connectivity index (χ0) is 33.1. The number of H-pyrrole nitrogens is 2. The maximum absolute atomic E-state index is 13.6. The molecule has 4 aromatic heterocycles. The molecule has 0 saturated carbocycles. The van der Waals surface area contributed by atoms with Crippen molar-refractivity contribution in [2.75, 3.05) is 0 Å². The largest absolute Gasteiger partial charge is 0.288 e. The van der Waals surface area contributed by atoms with Gasteiger partial charge >= 0.3 is 0 Å². The third-order valence-electron chi connectivity index (χ3n) is 7.82. The third-order valence-corrected chi connectivity index (χ3v) is 7.82. The highest BCUT2D eigenvalue weighted by molar-refractivity contribution is 6.33. The van der Waals surface area contributed by atoms with Crippen LogP contribution in [0, 0.1) is 0 Å². The van der Waals surface area contributed by atoms with Crippen molar-refractivity contribution in [3.05, 3.63) is 119 Å². The monoisotopic (exact) mass is 638 g/mol. The molecule has 0 radical (unpaired) electrons. The van der Waals surface area contributed by atoms with E-state index in [0.717, 1.165) is 0 Å². The molecule has 16 nitrogen and oxygen atoms in total. The van der Waals surface area contributed by atoms with Crippen LogP contribution in [0.25, 0.3) is 33.5 Å². The molecule has 0 unspecified atom stereocenters. The van der Waals surface area contributed by atoms with Crippen LogP contribution in [0.5, 0.6) is 0 Å². The molecule has 6 amide bonds. The number of hydrogen-bond acceptors (Lipinski definition) is 10. The van der Waals surface area contributed by atoms with E-state index < -0.39 is 35.4 Å². The summed E-state index contributed by atoms with van der Waals surface area (Å²) in [5, 5.41) is 14.6. The average Bonchev–Trinajstić information content (AvgIpc) is 3.82. The fourth-order valence-corrected chi connectivity index (χ4v) is 5.57. The van der Waals surface area contributed by atoms with E-state index in [0.29, 0.717) is 32.8 Å². The summed E-state index contributed by atoms with van der Waals surface area (Å²) >= 11 is 0. The first-order chi connectivity index (χ1) is 23.3. The summed E-state index contributed by atoms with van der Waals surface area (Å²) in [7, 11) is 0. The van der Waals surface area contributed by atoms with Gasteiger partial charge < -0.3 is 0 Å². The first-order valence-corrected chi connectivity index (χ1v) is 14.2. The first-order valence-electron chi connectivity index (χ1n) is 14.2. The lowest BCUT2D eigenvalue weighted by atomic mass is 9.86. The highest BCUT2D eigenvalue weighted by atomic mass is 16.2. The Kier molecular flexibility index (Phi) is 6.23. The van der Waals surface area contributed by atoms with Gasteiger partial charge in [-0.3, -0.25) is 59.8 Å². The third kappa shape index (κ3) is 4.31. The zero-order valence-electron chi connectivity index (χ0n) is 24.2. The number of aromatic nitrogens is 6. The van der Waals surface area contributed by atoms with Crippen molar-refractivity contribution in [2.45, 2.75) is 0 Å². The van der Waals surface area contributed by atoms with E-state index >= 15 is 0 Å². The summed E-state index contributed by atoms with van der Waals surface area (Å²) in [6.45, 7) is 0. The predicted octanol–water partition coefficient (Wildman–Crippen LogP) is 2.29. The van der Waals surface area contributed by atoms with E-state index in [1.807, 2.05) is 0 Å². The quantitative estimate of drug-likeness (QED) is 0.195. The smallest absolute Gasteiger partial charge is 0.272 e. The van der Waals surface area contributed by atoms with Gasteiger partial charge in [-0.1, -0.05) is 12.1 Å². The van der Waals surface area contributed by atoms with Crippen LogP contribution in [-0.2, 0) is 0 Å². The molecule has 16 heteroatoms. The highest BCUT2D eigenvalue weighted by Gasteiger charge is 2.41. The van der Waals surface area contributed by atoms with Gasteiger partial charge in [0.1, 0.15) is 22.8 Å². The summed E-state index contributed by atoms with van der Waals surface area (Å²) in [6, 6.07) is 18.5. The fraction of sp³-hybridized carbons (Fsp3) is 0. The number of nitrogens with zero attached hydrogens (tertiary/aromatic N) is 6. The lowest BCUT2D eigenvalue weighted by Gasteiger charge is -2.31. The van der Waals surface area contributed by atoms with Gasteiger partial charge in [-0.05, 0) is 60.7 Å². The molecule has 0 saturated heterocycles. The number of amides is 6. The molecule has 0 spiro atoms. The Morgan fingerprint density at radius 2 is 0.896 bits per heavy atom. The molecule has 4 N–H and O–H groups in total. The van der Waals surface area contributed by atoms with E-state index in [1.165, 1.54) is 36.4 Å². The number of nitrogens with one attached hydrogen (secondary N) is 4. The van der Waals surface area contributed by atoms with Gasteiger partial charge in [0.25, 0.3) is 35.4 Å². The number of benzene rings is 2. The predicted molar refractivity (Wildman–Crippen MR) is 164 cm³/mol. The summed E-state index contributed by atoms with van der Waals surface area (Å²) in [5.74, 6) is -5.16. The second kappa shape index (κ2) is 10.6. The van der Waals surface area contributed by atoms with Crippen LogP contribution >= 0.6 is 0 Å². The summed E-state index contributed by atoms with van der Waals surface area (Å²) in [6.07, 6.45) is 3.14. The number of rotatable bonds is 6. The molecule has 6 heterocycles.